The first-order valence-corrected chi connectivity index (χ1v) is 50.9. The number of halogens is 2. The van der Waals surface area contributed by atoms with Crippen molar-refractivity contribution in [2.75, 3.05) is 56.8 Å². The summed E-state index contributed by atoms with van der Waals surface area (Å²) in [5.41, 5.74) is 14.6. The molecule has 0 spiro atoms. The number of rotatable bonds is 6. The number of ketones is 2. The maximum absolute atomic E-state index is 15.9. The first kappa shape index (κ1) is 94.3. The fraction of sp³-hybridized carbons (Fsp3) is 0.532. The van der Waals surface area contributed by atoms with E-state index >= 15 is 4.39 Å². The lowest BCUT2D eigenvalue weighted by molar-refractivity contribution is -0.0672. The van der Waals surface area contributed by atoms with E-state index in [-0.39, 0.29) is 130 Å². The van der Waals surface area contributed by atoms with Gasteiger partial charge < -0.3 is 89.9 Å². The highest BCUT2D eigenvalue weighted by molar-refractivity contribution is 8.44. The fourth-order valence-corrected chi connectivity index (χ4v) is 23.3. The minimum Gasteiger partial charge on any atom is -0.387 e. The van der Waals surface area contributed by atoms with Crippen LogP contribution in [0.1, 0.15) is 94.3 Å². The Morgan fingerprint density at radius 1 is 0.478 bits per heavy atom. The molecule has 17 N–H and O–H groups in total. The van der Waals surface area contributed by atoms with Gasteiger partial charge in [-0.2, -0.15) is 29.4 Å². The standard InChI is InChI=1S/C21H23ClN8O13P2.C21H24N8O14P2.C20H22FN9O10P2S2/c22-10-14-9(41-19(10)29-5-25-11-7(31)1-2-24-16(11)29)4-39-45(36,37)43-15-13(32)8(3-38-44(34,35)42-14)40-20(15)30-6-26-12-17(30)27-21(23)28-18(12)33;22-21-26-18-11(19(33)27-21)24-6-28(18)20-16-12(31)8(41-20)4-38-44(34,35)42-15-9(5-39-45(36,37)43-16)40-14(13(15)32)7-3-25-29-10(30)1-2-23-17(7)29;21-11-14-10(38-19(11)30-15-12(27-28-30)8(31)1-2-23-15)5-36-41(33,43)39-9-3-7(4-35-42(34,44)40-14)37-18(9)29-6-24-13-16(29)25-20(22)26-17(13)32/h2,5-6,8-10,13-15,19-20,32H,1,3-4H2,(H,34,35)(H,36,37)(H3,23,27,28,33);2-3,6,8-9,12-16,20,31-32H,1,4-5H2,(H,34,35)(H,36,37)(H3,22,26,27,33);2,6-7,9-11,14,18-19H,1,3-5H2,(H,33,43)(H,34,44)(H3,22,25,26,32)/t8-,9-,10+,13-,14-,15-,19-,20-;8-,9-,12+,13?,14+,15+,16?,20-;7-,9+,10+,11-,14+,18+,19+,41?,42?/m110/s1. The molecule has 29 atom stereocenters. The first-order chi connectivity index (χ1) is 63.5. The van der Waals surface area contributed by atoms with Crippen molar-refractivity contribution in [3.8, 4) is 0 Å². The van der Waals surface area contributed by atoms with Gasteiger partial charge >= 0.3 is 44.8 Å². The molecule has 0 radical (unpaired) electrons. The SMILES string of the molecule is Nc1nc2c(ncn2[C@@H]2O[C@@H]3COP(=O)(O)O[C@@H]4C(O)[C@H](c5cnn6c5N=CCC6=O)O[C@@H]4COP(=O)(O)OC2[C@H]3O)c(=O)[nH]1.Nc1nc2c(ncn2[C@@H]2O[C@@H]3COP(=O)(O)O[C@H]4[C@H](Cl)[C@H](n5cnc6c5N=CCC6=O)O[C@@H]4COP(=O)(O)O[C@@H]2[C@@H]3O)c(=O)[nH]1.Nc1nc2c(ncn2[C@@H]2O[C@@H]3COP(O)(=S)O[C@H]4[C@H](F)[C@H](n5nnc6c5N=CCC6=O)O[C@@H]4COP(=O)(S)O[C@@H]2C3)c(=O)[nH]1. The molecule has 9 aromatic rings. The number of thiol groups is 1. The van der Waals surface area contributed by atoms with Gasteiger partial charge in [0, 0.05) is 43.5 Å². The second kappa shape index (κ2) is 36.0. The summed E-state index contributed by atoms with van der Waals surface area (Å²) < 4.78 is 188. The van der Waals surface area contributed by atoms with Crippen molar-refractivity contribution in [1.82, 2.24) is 92.9 Å². The summed E-state index contributed by atoms with van der Waals surface area (Å²) in [5, 5.41) is 43.4. The summed E-state index contributed by atoms with van der Waals surface area (Å²) in [6.07, 6.45) is -22.7. The van der Waals surface area contributed by atoms with Gasteiger partial charge in [0.1, 0.15) is 96.9 Å². The van der Waals surface area contributed by atoms with Gasteiger partial charge in [0.05, 0.1) is 83.7 Å². The Morgan fingerprint density at radius 2 is 0.933 bits per heavy atom. The molecule has 8 unspecified atom stereocenters. The summed E-state index contributed by atoms with van der Waals surface area (Å²) in [4.78, 5) is 174. The molecule has 12 aliphatic heterocycles. The van der Waals surface area contributed by atoms with Gasteiger partial charge in [-0.15, -0.1) is 16.7 Å². The van der Waals surface area contributed by atoms with E-state index in [1.54, 1.807) is 0 Å². The second-order valence-corrected chi connectivity index (χ2v) is 42.5. The Kier molecular flexibility index (Phi) is 25.3. The number of carbonyl (C=O) groups is 3. The van der Waals surface area contributed by atoms with E-state index in [9.17, 15) is 91.4 Å². The molecule has 9 aromatic heterocycles. The second-order valence-electron chi connectivity index (χ2n) is 30.7. The number of nitrogens with one attached hydrogen (secondary N) is 3. The summed E-state index contributed by atoms with van der Waals surface area (Å²) in [7, 11) is -20.3. The summed E-state index contributed by atoms with van der Waals surface area (Å²) in [5.74, 6) is -1.68. The molecule has 21 heterocycles. The minimum atomic E-state index is -5.12. The van der Waals surface area contributed by atoms with Crippen LogP contribution in [0.15, 0.2) is 60.9 Å². The van der Waals surface area contributed by atoms with Gasteiger partial charge in [-0.05, 0) is 11.8 Å². The molecular weight excluding hydrogens is 1990 g/mol. The van der Waals surface area contributed by atoms with Crippen LogP contribution in [-0.4, -0.2) is 312 Å². The van der Waals surface area contributed by atoms with Gasteiger partial charge in [0.2, 0.25) is 17.8 Å². The third-order valence-corrected chi connectivity index (χ3v) is 29.7. The lowest BCUT2D eigenvalue weighted by Crippen LogP contribution is -2.35. The molecule has 0 amide bonds. The molecule has 0 aliphatic carbocycles. The summed E-state index contributed by atoms with van der Waals surface area (Å²) in [6, 6.07) is 0. The third-order valence-electron chi connectivity index (χ3n) is 22.0. The molecule has 0 aromatic carbocycles. The number of nitrogens with two attached hydrogens (primary N) is 3. The Morgan fingerprint density at radius 3 is 1.49 bits per heavy atom. The normalized spacial score (nSPS) is 38.4. The zero-order chi connectivity index (χ0) is 94.6. The summed E-state index contributed by atoms with van der Waals surface area (Å²) in [6.45, 7) is -12.6. The lowest BCUT2D eigenvalue weighted by Gasteiger charge is -2.27. The number of aliphatic hydroxyl groups excluding tert-OH is 3. The average molecular weight is 2060 g/mol. The number of aliphatic imine (C=N–C) groups is 3. The topological polar surface area (TPSA) is 837 Å². The van der Waals surface area contributed by atoms with Crippen LogP contribution in [0.2, 0.25) is 0 Å². The van der Waals surface area contributed by atoms with Gasteiger partial charge in [-0.1, -0.05) is 17.5 Å². The number of carbonyl (C=O) groups excluding carboxylic acids is 3. The Hall–Kier alpha value is -8.64. The van der Waals surface area contributed by atoms with Gasteiger partial charge in [0.15, 0.2) is 111 Å². The smallest absolute Gasteiger partial charge is 0.387 e. The number of hydrogen-bond donors (Lipinski definition) is 15. The van der Waals surface area contributed by atoms with E-state index in [1.807, 2.05) is 0 Å². The predicted octanol–water partition coefficient (Wildman–Crippen LogP) is -1.03. The highest BCUT2D eigenvalue weighted by Gasteiger charge is 2.59. The number of phosphoric acid groups is 4. The first-order valence-electron chi connectivity index (χ1n) is 39.2. The molecule has 134 heavy (non-hydrogen) atoms. The quantitative estimate of drug-likeness (QED) is 0.0537. The maximum atomic E-state index is 15.9. The number of hydrogen-bond acceptors (Lipinski definition) is 49. The largest absolute Gasteiger partial charge is 0.472 e. The van der Waals surface area contributed by atoms with E-state index in [1.165, 1.54) is 46.6 Å². The van der Waals surface area contributed by atoms with Crippen molar-refractivity contribution in [3.63, 3.8) is 0 Å². The number of alkyl halides is 2. The minimum absolute atomic E-state index is 0.00693. The van der Waals surface area contributed by atoms with Crippen LogP contribution in [0.25, 0.3) is 33.5 Å². The van der Waals surface area contributed by atoms with Crippen LogP contribution >= 0.6 is 68.7 Å². The Labute approximate surface area is 756 Å². The number of imidazole rings is 4. The highest BCUT2D eigenvalue weighted by Crippen LogP contribution is 2.61. The maximum Gasteiger partial charge on any atom is 0.472 e. The van der Waals surface area contributed by atoms with Crippen LogP contribution in [0.5, 0.6) is 0 Å². The van der Waals surface area contributed by atoms with Crippen molar-refractivity contribution in [1.29, 1.82) is 0 Å². The number of nitrogens with zero attached hydrogens (tertiary/aromatic N) is 19. The Balaban J connectivity index is 0.000000129. The van der Waals surface area contributed by atoms with Gasteiger partial charge in [-0.25, -0.2) is 62.1 Å². The monoisotopic (exact) mass is 2060 g/mol. The fourth-order valence-electron chi connectivity index (χ4n) is 16.1. The van der Waals surface area contributed by atoms with Crippen LogP contribution < -0.4 is 33.9 Å². The molecule has 9 fully saturated rings. The zero-order valence-corrected chi connectivity index (χ0v) is 74.7. The van der Waals surface area contributed by atoms with Crippen LogP contribution in [0, 0.1) is 0 Å². The molecule has 720 valence electrons. The number of anilines is 3. The highest BCUT2D eigenvalue weighted by atomic mass is 35.5. The van der Waals surface area contributed by atoms with Crippen molar-refractivity contribution in [2.45, 2.75) is 166 Å². The predicted molar refractivity (Wildman–Crippen MR) is 441 cm³/mol. The number of ether oxygens (including phenoxy) is 6. The van der Waals surface area contributed by atoms with Crippen molar-refractivity contribution in [3.05, 3.63) is 79.5 Å². The lowest BCUT2D eigenvalue weighted by atomic mass is 10.0. The molecule has 0 saturated carbocycles. The number of Topliss-reactive ketones (excluding diaryl/α,β-unsaturated/α-hetero) is 2. The Bertz CT molecular complexity index is 6560. The van der Waals surface area contributed by atoms with E-state index < -0.39 is 241 Å². The molecule has 62 nitrogen and oxygen atoms in total. The number of phosphoric ester groups is 4. The molecular formula is C62H69ClFN25O37P6S2. The van der Waals surface area contributed by atoms with E-state index in [4.69, 9.17) is 123 Å². The number of aliphatic hydroxyl groups is 3. The number of fused-ring (bicyclic) bond motifs is 15. The molecule has 12 aliphatic rings. The van der Waals surface area contributed by atoms with E-state index in [2.05, 4.69) is 92.5 Å². The number of H-pyrrole nitrogens is 3. The zero-order valence-electron chi connectivity index (χ0n) is 66.9. The summed E-state index contributed by atoms with van der Waals surface area (Å²) >= 11 is 15.9. The van der Waals surface area contributed by atoms with Crippen molar-refractivity contribution < 1.29 is 164 Å². The number of aromatic nitrogens is 19. The van der Waals surface area contributed by atoms with Gasteiger partial charge in [-0.3, -0.25) is 112 Å². The molecule has 21 rings (SSSR count). The van der Waals surface area contributed by atoms with Crippen molar-refractivity contribution >= 4 is 185 Å². The molecule has 9 saturated heterocycles. The molecule has 72 heteroatoms. The van der Waals surface area contributed by atoms with Gasteiger partial charge in [0.25, 0.3) is 22.6 Å². The van der Waals surface area contributed by atoms with Crippen LogP contribution in [0.4, 0.5) is 39.7 Å². The van der Waals surface area contributed by atoms with Crippen LogP contribution in [0.3, 0.4) is 0 Å². The molecule has 6 bridgehead atoms. The third kappa shape index (κ3) is 18.3. The number of aromatic amines is 3. The van der Waals surface area contributed by atoms with Crippen LogP contribution in [-0.2, 0) is 117 Å². The van der Waals surface area contributed by atoms with E-state index in [0.717, 1.165) is 31.2 Å². The average Bonchev–Trinajstić information content (AvgIpc) is 1.62. The number of nitrogen functional groups attached to an aromatic ring is 3. The van der Waals surface area contributed by atoms with Crippen molar-refractivity contribution in [2.24, 2.45) is 15.0 Å². The van der Waals surface area contributed by atoms with E-state index in [0.29, 0.717) is 0 Å².